The monoisotopic (exact) mass is 439 g/mol. The second kappa shape index (κ2) is 10.2. The van der Waals surface area contributed by atoms with Crippen molar-refractivity contribution < 1.29 is 14.2 Å². The predicted octanol–water partition coefficient (Wildman–Crippen LogP) is 3.98. The van der Waals surface area contributed by atoms with E-state index in [1.807, 2.05) is 25.1 Å². The summed E-state index contributed by atoms with van der Waals surface area (Å²) >= 11 is 3.30. The zero-order valence-electron chi connectivity index (χ0n) is 16.1. The number of hydrogen-bond acceptors (Lipinski definition) is 6. The number of aromatic amines is 1. The Kier molecular flexibility index (Phi) is 7.97. The van der Waals surface area contributed by atoms with Crippen molar-refractivity contribution in [2.24, 2.45) is 5.92 Å². The van der Waals surface area contributed by atoms with Gasteiger partial charge in [0.2, 0.25) is 0 Å². The molecule has 148 valence electrons. The van der Waals surface area contributed by atoms with Crippen molar-refractivity contribution in [1.82, 2.24) is 10.2 Å². The third kappa shape index (κ3) is 5.89. The van der Waals surface area contributed by atoms with Gasteiger partial charge in [0, 0.05) is 6.54 Å². The summed E-state index contributed by atoms with van der Waals surface area (Å²) in [5, 5.41) is 9.63. The van der Waals surface area contributed by atoms with Gasteiger partial charge in [0.25, 0.3) is 11.4 Å². The molecule has 1 aromatic carbocycles. The Morgan fingerprint density at radius 2 is 2.04 bits per heavy atom. The first kappa shape index (κ1) is 21.1. The first-order chi connectivity index (χ1) is 13.0. The maximum Gasteiger partial charge on any atom is 0.280 e. The van der Waals surface area contributed by atoms with E-state index in [-0.39, 0.29) is 5.56 Å². The molecular weight excluding hydrogens is 414 g/mol. The zero-order chi connectivity index (χ0) is 19.8. The van der Waals surface area contributed by atoms with Crippen LogP contribution in [-0.4, -0.2) is 30.5 Å². The van der Waals surface area contributed by atoms with Crippen LogP contribution < -0.4 is 25.1 Å². The Hall–Kier alpha value is -2.22. The minimum Gasteiger partial charge on any atom is -0.493 e. The average molecular weight is 440 g/mol. The maximum absolute atomic E-state index is 11.9. The molecule has 0 saturated carbocycles. The van der Waals surface area contributed by atoms with Gasteiger partial charge in [-0.15, -0.1) is 5.10 Å². The van der Waals surface area contributed by atoms with Crippen molar-refractivity contribution in [3.05, 3.63) is 38.6 Å². The molecule has 0 aliphatic carbocycles. The van der Waals surface area contributed by atoms with Gasteiger partial charge in [-0.05, 0) is 46.0 Å². The Balaban J connectivity index is 2.19. The van der Waals surface area contributed by atoms with Gasteiger partial charge >= 0.3 is 0 Å². The first-order valence-electron chi connectivity index (χ1n) is 8.90. The number of ether oxygens (including phenoxy) is 3. The Morgan fingerprint density at radius 3 is 2.70 bits per heavy atom. The summed E-state index contributed by atoms with van der Waals surface area (Å²) in [6.07, 6.45) is 0.840. The molecule has 0 aliphatic rings. The van der Waals surface area contributed by atoms with Gasteiger partial charge < -0.3 is 19.5 Å². The number of methoxy groups -OCH3 is 1. The zero-order valence-corrected chi connectivity index (χ0v) is 17.7. The molecule has 0 amide bonds. The normalized spacial score (nSPS) is 10.7. The lowest BCUT2D eigenvalue weighted by molar-refractivity contribution is 0.256. The van der Waals surface area contributed by atoms with E-state index < -0.39 is 0 Å². The van der Waals surface area contributed by atoms with Crippen LogP contribution in [0.2, 0.25) is 0 Å². The number of anilines is 1. The molecular formula is C19H26BrN3O4. The van der Waals surface area contributed by atoms with Gasteiger partial charge in [-0.25, -0.2) is 5.10 Å². The van der Waals surface area contributed by atoms with Gasteiger partial charge in [0.05, 0.1) is 20.3 Å². The molecule has 2 rings (SSSR count). The standard InChI is InChI=1S/C19H26BrN3O4/c1-5-8-26-19-17(16(20)18(24)22-23-19)21-10-13-6-7-14(25-4)15(9-13)27-11-12(2)3/h6-7,9,12H,5,8,10-11H2,1-4H3,(H2,21,22,24). The molecule has 0 radical (unpaired) electrons. The van der Waals surface area contributed by atoms with E-state index in [2.05, 4.69) is 45.3 Å². The van der Waals surface area contributed by atoms with Crippen molar-refractivity contribution in [3.8, 4) is 17.4 Å². The van der Waals surface area contributed by atoms with Crippen LogP contribution in [0.5, 0.6) is 17.4 Å². The van der Waals surface area contributed by atoms with Crippen LogP contribution in [0.4, 0.5) is 5.69 Å². The topological polar surface area (TPSA) is 85.5 Å². The van der Waals surface area contributed by atoms with E-state index in [9.17, 15) is 4.79 Å². The summed E-state index contributed by atoms with van der Waals surface area (Å²) < 4.78 is 17.2. The van der Waals surface area contributed by atoms with E-state index in [0.717, 1.165) is 12.0 Å². The van der Waals surface area contributed by atoms with Crippen LogP contribution in [0.25, 0.3) is 0 Å². The molecule has 0 fully saturated rings. The SMILES string of the molecule is CCCOc1n[nH]c(=O)c(Br)c1NCc1ccc(OC)c(OCC(C)C)c1. The fourth-order valence-electron chi connectivity index (χ4n) is 2.26. The lowest BCUT2D eigenvalue weighted by atomic mass is 10.2. The van der Waals surface area contributed by atoms with Crippen LogP contribution >= 0.6 is 15.9 Å². The highest BCUT2D eigenvalue weighted by Crippen LogP contribution is 2.31. The molecule has 2 aromatic rings. The van der Waals surface area contributed by atoms with E-state index >= 15 is 0 Å². The second-order valence-electron chi connectivity index (χ2n) is 6.44. The smallest absolute Gasteiger partial charge is 0.280 e. The molecule has 0 bridgehead atoms. The van der Waals surface area contributed by atoms with Gasteiger partial charge in [-0.1, -0.05) is 26.8 Å². The van der Waals surface area contributed by atoms with E-state index in [4.69, 9.17) is 14.2 Å². The van der Waals surface area contributed by atoms with E-state index in [0.29, 0.717) is 53.2 Å². The van der Waals surface area contributed by atoms with E-state index in [1.165, 1.54) is 0 Å². The number of benzene rings is 1. The number of hydrogen-bond donors (Lipinski definition) is 2. The first-order valence-corrected chi connectivity index (χ1v) is 9.70. The highest BCUT2D eigenvalue weighted by Gasteiger charge is 2.14. The summed E-state index contributed by atoms with van der Waals surface area (Å²) in [7, 11) is 1.62. The highest BCUT2D eigenvalue weighted by atomic mass is 79.9. The van der Waals surface area contributed by atoms with Crippen molar-refractivity contribution in [2.45, 2.75) is 33.7 Å². The van der Waals surface area contributed by atoms with Crippen molar-refractivity contribution >= 4 is 21.6 Å². The summed E-state index contributed by atoms with van der Waals surface area (Å²) in [6, 6.07) is 5.73. The third-order valence-corrected chi connectivity index (χ3v) is 4.36. The van der Waals surface area contributed by atoms with Crippen LogP contribution in [0.15, 0.2) is 27.5 Å². The fraction of sp³-hybridized carbons (Fsp3) is 0.474. The Morgan fingerprint density at radius 1 is 1.26 bits per heavy atom. The maximum atomic E-state index is 11.9. The number of rotatable bonds is 10. The van der Waals surface area contributed by atoms with Crippen molar-refractivity contribution in [1.29, 1.82) is 0 Å². The molecule has 2 N–H and O–H groups in total. The van der Waals surface area contributed by atoms with Gasteiger partial charge in [-0.3, -0.25) is 4.79 Å². The summed E-state index contributed by atoms with van der Waals surface area (Å²) in [6.45, 7) is 7.76. The molecule has 7 nitrogen and oxygen atoms in total. The molecule has 8 heteroatoms. The van der Waals surface area contributed by atoms with Crippen molar-refractivity contribution in [2.75, 3.05) is 25.6 Å². The molecule has 0 atom stereocenters. The van der Waals surface area contributed by atoms with Crippen LogP contribution in [0, 0.1) is 5.92 Å². The number of halogens is 1. The molecule has 0 unspecified atom stereocenters. The highest BCUT2D eigenvalue weighted by molar-refractivity contribution is 9.10. The Labute approximate surface area is 167 Å². The Bertz CT molecular complexity index is 808. The number of aromatic nitrogens is 2. The molecule has 27 heavy (non-hydrogen) atoms. The van der Waals surface area contributed by atoms with Gasteiger partial charge in [0.1, 0.15) is 10.2 Å². The summed E-state index contributed by atoms with van der Waals surface area (Å²) in [5.74, 6) is 2.14. The third-order valence-electron chi connectivity index (χ3n) is 3.60. The molecule has 0 saturated heterocycles. The second-order valence-corrected chi connectivity index (χ2v) is 7.23. The fourth-order valence-corrected chi connectivity index (χ4v) is 2.66. The van der Waals surface area contributed by atoms with Gasteiger partial charge in [-0.2, -0.15) is 0 Å². The van der Waals surface area contributed by atoms with Crippen LogP contribution in [0.3, 0.4) is 0 Å². The number of H-pyrrole nitrogens is 1. The van der Waals surface area contributed by atoms with Gasteiger partial charge in [0.15, 0.2) is 11.5 Å². The number of nitrogens with zero attached hydrogens (tertiary/aromatic N) is 1. The van der Waals surface area contributed by atoms with Crippen LogP contribution in [-0.2, 0) is 6.54 Å². The largest absolute Gasteiger partial charge is 0.493 e. The lowest BCUT2D eigenvalue weighted by Crippen LogP contribution is -2.15. The predicted molar refractivity (Wildman–Crippen MR) is 109 cm³/mol. The quantitative estimate of drug-likeness (QED) is 0.582. The average Bonchev–Trinajstić information content (AvgIpc) is 2.66. The van der Waals surface area contributed by atoms with E-state index in [1.54, 1.807) is 7.11 Å². The minimum atomic E-state index is -0.322. The molecule has 0 aliphatic heterocycles. The summed E-state index contributed by atoms with van der Waals surface area (Å²) in [5.41, 5.74) is 1.17. The van der Waals surface area contributed by atoms with Crippen molar-refractivity contribution in [3.63, 3.8) is 0 Å². The molecule has 1 heterocycles. The van der Waals surface area contributed by atoms with Crippen LogP contribution in [0.1, 0.15) is 32.8 Å². The minimum absolute atomic E-state index is 0.322. The molecule has 0 spiro atoms. The lowest BCUT2D eigenvalue weighted by Gasteiger charge is -2.15. The molecule has 1 aromatic heterocycles. The number of nitrogens with one attached hydrogen (secondary N) is 2. The summed E-state index contributed by atoms with van der Waals surface area (Å²) in [4.78, 5) is 11.9.